The van der Waals surface area contributed by atoms with Gasteiger partial charge in [-0.2, -0.15) is 11.8 Å². The van der Waals surface area contributed by atoms with Gasteiger partial charge in [0, 0.05) is 17.3 Å². The summed E-state index contributed by atoms with van der Waals surface area (Å²) in [6, 6.07) is 1.58. The van der Waals surface area contributed by atoms with Crippen molar-refractivity contribution in [3.63, 3.8) is 0 Å². The van der Waals surface area contributed by atoms with Crippen LogP contribution in [0.1, 0.15) is 38.5 Å². The quantitative estimate of drug-likeness (QED) is 0.818. The van der Waals surface area contributed by atoms with Crippen LogP contribution >= 0.6 is 11.8 Å². The van der Waals surface area contributed by atoms with Crippen molar-refractivity contribution in [3.05, 3.63) is 0 Å². The van der Waals surface area contributed by atoms with Crippen LogP contribution < -0.4 is 5.32 Å². The molecule has 0 aromatic rings. The summed E-state index contributed by atoms with van der Waals surface area (Å²) < 4.78 is 0. The van der Waals surface area contributed by atoms with Crippen LogP contribution in [0.4, 0.5) is 0 Å². The average Bonchev–Trinajstić information content (AvgIpc) is 2.63. The van der Waals surface area contributed by atoms with Crippen LogP contribution in [0.2, 0.25) is 0 Å². The summed E-state index contributed by atoms with van der Waals surface area (Å²) in [6.07, 6.45) is 10.6. The number of nitrogens with one attached hydrogen (secondary N) is 1. The maximum absolute atomic E-state index is 3.93. The maximum Gasteiger partial charge on any atom is 0.0198 e. The summed E-state index contributed by atoms with van der Waals surface area (Å²) in [5, 5.41) is 4.81. The first-order chi connectivity index (χ1) is 7.79. The van der Waals surface area contributed by atoms with Crippen LogP contribution in [0.5, 0.6) is 0 Å². The highest BCUT2D eigenvalue weighted by atomic mass is 32.2. The van der Waals surface area contributed by atoms with E-state index < -0.39 is 0 Å². The van der Waals surface area contributed by atoms with Crippen molar-refractivity contribution in [3.8, 4) is 0 Å². The number of nitrogens with zero attached hydrogens (tertiary/aromatic N) is 1. The molecule has 0 radical (unpaired) electrons. The smallest absolute Gasteiger partial charge is 0.0198 e. The molecule has 3 heteroatoms. The molecule has 1 saturated carbocycles. The van der Waals surface area contributed by atoms with Gasteiger partial charge in [-0.25, -0.2) is 0 Å². The Labute approximate surface area is 105 Å². The molecule has 3 unspecified atom stereocenters. The minimum absolute atomic E-state index is 0.780. The molecule has 2 rings (SSSR count). The van der Waals surface area contributed by atoms with E-state index in [4.69, 9.17) is 0 Å². The fourth-order valence-electron chi connectivity index (χ4n) is 3.11. The first-order valence-corrected chi connectivity index (χ1v) is 8.06. The molecule has 2 aliphatic rings. The van der Waals surface area contributed by atoms with E-state index in [1.165, 1.54) is 51.6 Å². The Balaban J connectivity index is 1.79. The van der Waals surface area contributed by atoms with Gasteiger partial charge in [0.25, 0.3) is 0 Å². The molecule has 16 heavy (non-hydrogen) atoms. The molecular formula is C13H26N2S. The van der Waals surface area contributed by atoms with Gasteiger partial charge >= 0.3 is 0 Å². The second kappa shape index (κ2) is 6.27. The number of hydrogen-bond acceptors (Lipinski definition) is 3. The number of hydrogen-bond donors (Lipinski definition) is 1. The molecule has 1 aliphatic carbocycles. The van der Waals surface area contributed by atoms with Crippen molar-refractivity contribution in [2.75, 3.05) is 26.4 Å². The lowest BCUT2D eigenvalue weighted by Gasteiger charge is -2.25. The SMILES string of the molecule is CSC1CCCC1NC1CCCN(C)CC1. The van der Waals surface area contributed by atoms with Gasteiger partial charge in [-0.15, -0.1) is 0 Å². The van der Waals surface area contributed by atoms with E-state index in [0.717, 1.165) is 17.3 Å². The van der Waals surface area contributed by atoms with Gasteiger partial charge in [0.2, 0.25) is 0 Å². The van der Waals surface area contributed by atoms with Crippen molar-refractivity contribution in [1.29, 1.82) is 0 Å². The summed E-state index contributed by atoms with van der Waals surface area (Å²) in [5.41, 5.74) is 0. The van der Waals surface area contributed by atoms with E-state index in [2.05, 4.69) is 35.3 Å². The van der Waals surface area contributed by atoms with Crippen LogP contribution in [-0.4, -0.2) is 48.6 Å². The summed E-state index contributed by atoms with van der Waals surface area (Å²) in [7, 11) is 2.25. The molecule has 1 N–H and O–H groups in total. The van der Waals surface area contributed by atoms with Crippen molar-refractivity contribution in [2.24, 2.45) is 0 Å². The summed E-state index contributed by atoms with van der Waals surface area (Å²) in [4.78, 5) is 2.47. The number of rotatable bonds is 3. The second-order valence-corrected chi connectivity index (χ2v) is 6.49. The molecule has 1 heterocycles. The van der Waals surface area contributed by atoms with Crippen LogP contribution in [0, 0.1) is 0 Å². The molecule has 0 bridgehead atoms. The molecule has 0 amide bonds. The molecule has 0 spiro atoms. The first kappa shape index (κ1) is 12.7. The van der Waals surface area contributed by atoms with E-state index in [-0.39, 0.29) is 0 Å². The summed E-state index contributed by atoms with van der Waals surface area (Å²) >= 11 is 2.06. The van der Waals surface area contributed by atoms with Gasteiger partial charge in [0.05, 0.1) is 0 Å². The van der Waals surface area contributed by atoms with Crippen LogP contribution in [0.25, 0.3) is 0 Å². The third kappa shape index (κ3) is 3.38. The zero-order valence-electron chi connectivity index (χ0n) is 10.7. The van der Waals surface area contributed by atoms with Crippen LogP contribution in [0.3, 0.4) is 0 Å². The van der Waals surface area contributed by atoms with Crippen molar-refractivity contribution in [2.45, 2.75) is 55.9 Å². The zero-order valence-corrected chi connectivity index (χ0v) is 11.6. The lowest BCUT2D eigenvalue weighted by molar-refractivity contribution is 0.339. The monoisotopic (exact) mass is 242 g/mol. The Morgan fingerprint density at radius 3 is 2.75 bits per heavy atom. The van der Waals surface area contributed by atoms with Gasteiger partial charge in [-0.3, -0.25) is 0 Å². The van der Waals surface area contributed by atoms with Crippen LogP contribution in [-0.2, 0) is 0 Å². The molecule has 1 saturated heterocycles. The van der Waals surface area contributed by atoms with Crippen molar-refractivity contribution in [1.82, 2.24) is 10.2 Å². The van der Waals surface area contributed by atoms with E-state index in [0.29, 0.717) is 0 Å². The number of likely N-dealkylation sites (tertiary alicyclic amines) is 1. The van der Waals surface area contributed by atoms with E-state index in [1.54, 1.807) is 0 Å². The van der Waals surface area contributed by atoms with E-state index >= 15 is 0 Å². The average molecular weight is 242 g/mol. The Kier molecular flexibility index (Phi) is 4.98. The highest BCUT2D eigenvalue weighted by Gasteiger charge is 2.28. The highest BCUT2D eigenvalue weighted by molar-refractivity contribution is 7.99. The van der Waals surface area contributed by atoms with Gasteiger partial charge in [0.1, 0.15) is 0 Å². The number of thioether (sulfide) groups is 1. The largest absolute Gasteiger partial charge is 0.310 e. The third-order valence-corrected chi connectivity index (χ3v) is 5.33. The lowest BCUT2D eigenvalue weighted by atomic mass is 10.1. The molecule has 0 aromatic carbocycles. The molecule has 1 aliphatic heterocycles. The van der Waals surface area contributed by atoms with Crippen molar-refractivity contribution >= 4 is 11.8 Å². The van der Waals surface area contributed by atoms with Gasteiger partial charge in [0.15, 0.2) is 0 Å². The standard InChI is InChI=1S/C13H26N2S/c1-15-9-4-5-11(8-10-15)14-12-6-3-7-13(12)16-2/h11-14H,3-10H2,1-2H3. The second-order valence-electron chi connectivity index (χ2n) is 5.41. The van der Waals surface area contributed by atoms with E-state index in [1.807, 2.05) is 0 Å². The third-order valence-electron chi connectivity index (χ3n) is 4.16. The molecule has 94 valence electrons. The molecule has 2 fully saturated rings. The first-order valence-electron chi connectivity index (χ1n) is 6.77. The molecule has 2 nitrogen and oxygen atoms in total. The minimum atomic E-state index is 0.780. The molecule has 0 aromatic heterocycles. The Hall–Kier alpha value is 0.270. The fraction of sp³-hybridized carbons (Fsp3) is 1.00. The maximum atomic E-state index is 3.93. The highest BCUT2D eigenvalue weighted by Crippen LogP contribution is 2.29. The van der Waals surface area contributed by atoms with E-state index in [9.17, 15) is 0 Å². The predicted molar refractivity (Wildman–Crippen MR) is 73.2 cm³/mol. The normalized spacial score (nSPS) is 37.5. The topological polar surface area (TPSA) is 15.3 Å². The zero-order chi connectivity index (χ0) is 11.4. The molecular weight excluding hydrogens is 216 g/mol. The Morgan fingerprint density at radius 2 is 1.94 bits per heavy atom. The fourth-order valence-corrected chi connectivity index (χ4v) is 4.05. The summed E-state index contributed by atoms with van der Waals surface area (Å²) in [5.74, 6) is 0. The van der Waals surface area contributed by atoms with Crippen molar-refractivity contribution < 1.29 is 0 Å². The molecule has 3 atom stereocenters. The van der Waals surface area contributed by atoms with Crippen LogP contribution in [0.15, 0.2) is 0 Å². The minimum Gasteiger partial charge on any atom is -0.310 e. The Morgan fingerprint density at radius 1 is 1.06 bits per heavy atom. The van der Waals surface area contributed by atoms with Gasteiger partial charge in [-0.1, -0.05) is 6.42 Å². The van der Waals surface area contributed by atoms with Gasteiger partial charge in [-0.05, 0) is 58.5 Å². The predicted octanol–water partition coefficient (Wildman–Crippen LogP) is 2.34. The summed E-state index contributed by atoms with van der Waals surface area (Å²) in [6.45, 7) is 2.56. The Bertz CT molecular complexity index is 210. The van der Waals surface area contributed by atoms with Gasteiger partial charge < -0.3 is 10.2 Å². The lowest BCUT2D eigenvalue weighted by Crippen LogP contribution is -2.41.